The molecular formula is C14H17N3O5S. The van der Waals surface area contributed by atoms with Crippen LogP contribution < -0.4 is 14.8 Å². The number of aromatic nitrogens is 1. The first-order valence-electron chi connectivity index (χ1n) is 6.66. The van der Waals surface area contributed by atoms with Crippen molar-refractivity contribution in [2.75, 3.05) is 17.1 Å². The first-order valence-corrected chi connectivity index (χ1v) is 8.14. The van der Waals surface area contributed by atoms with E-state index in [0.717, 1.165) is 0 Å². The van der Waals surface area contributed by atoms with Crippen molar-refractivity contribution >= 4 is 27.3 Å². The molecule has 0 saturated carbocycles. The van der Waals surface area contributed by atoms with E-state index >= 15 is 0 Å². The van der Waals surface area contributed by atoms with Gasteiger partial charge in [-0.15, -0.1) is 0 Å². The molecule has 0 saturated heterocycles. The molecule has 0 bridgehead atoms. The van der Waals surface area contributed by atoms with E-state index in [0.29, 0.717) is 11.4 Å². The van der Waals surface area contributed by atoms with Gasteiger partial charge in [0, 0.05) is 12.6 Å². The molecule has 1 heterocycles. The Morgan fingerprint density at radius 2 is 2.00 bits per heavy atom. The highest BCUT2D eigenvalue weighted by Crippen LogP contribution is 2.31. The minimum Gasteiger partial charge on any atom is -0.495 e. The number of methoxy groups -OCH3 is 1. The van der Waals surface area contributed by atoms with E-state index < -0.39 is 10.0 Å². The molecule has 1 aromatic carbocycles. The number of anilines is 2. The van der Waals surface area contributed by atoms with E-state index in [9.17, 15) is 13.2 Å². The molecule has 8 nitrogen and oxygen atoms in total. The van der Waals surface area contributed by atoms with Crippen LogP contribution in [-0.2, 0) is 14.8 Å². The Kier molecular flexibility index (Phi) is 4.60. The van der Waals surface area contributed by atoms with Gasteiger partial charge in [0.25, 0.3) is 10.0 Å². The highest BCUT2D eigenvalue weighted by atomic mass is 32.2. The SMILES string of the molecule is COc1ccc(NC(C)=O)cc1NS(=O)(=O)c1c(C)noc1C. The minimum absolute atomic E-state index is 0.0236. The standard InChI is InChI=1S/C14H17N3O5S/c1-8-14(9(2)22-16-8)23(19,20)17-12-7-11(15-10(3)18)5-6-13(12)21-4/h5-7,17H,1-4H3,(H,15,18). The topological polar surface area (TPSA) is 111 Å². The maximum Gasteiger partial charge on any atom is 0.267 e. The first kappa shape index (κ1) is 16.8. The lowest BCUT2D eigenvalue weighted by molar-refractivity contribution is -0.114. The van der Waals surface area contributed by atoms with Crippen molar-refractivity contribution in [3.8, 4) is 5.75 Å². The molecule has 0 fully saturated rings. The van der Waals surface area contributed by atoms with Crippen molar-refractivity contribution in [2.45, 2.75) is 25.7 Å². The van der Waals surface area contributed by atoms with Crippen LogP contribution in [0.15, 0.2) is 27.6 Å². The van der Waals surface area contributed by atoms with Crippen LogP contribution in [0.1, 0.15) is 18.4 Å². The summed E-state index contributed by atoms with van der Waals surface area (Å²) >= 11 is 0. The van der Waals surface area contributed by atoms with Gasteiger partial charge < -0.3 is 14.6 Å². The highest BCUT2D eigenvalue weighted by molar-refractivity contribution is 7.92. The van der Waals surface area contributed by atoms with Gasteiger partial charge >= 0.3 is 0 Å². The van der Waals surface area contributed by atoms with Crippen molar-refractivity contribution in [3.63, 3.8) is 0 Å². The lowest BCUT2D eigenvalue weighted by Gasteiger charge is -2.13. The lowest BCUT2D eigenvalue weighted by atomic mass is 10.2. The smallest absolute Gasteiger partial charge is 0.267 e. The summed E-state index contributed by atoms with van der Waals surface area (Å²) in [6.45, 7) is 4.41. The van der Waals surface area contributed by atoms with Gasteiger partial charge in [-0.05, 0) is 32.0 Å². The molecule has 2 N–H and O–H groups in total. The normalized spacial score (nSPS) is 11.1. The third-order valence-electron chi connectivity index (χ3n) is 3.00. The second-order valence-corrected chi connectivity index (χ2v) is 6.47. The number of carbonyl (C=O) groups excluding carboxylic acids is 1. The second-order valence-electron chi connectivity index (χ2n) is 4.86. The van der Waals surface area contributed by atoms with Crippen LogP contribution in [0.5, 0.6) is 5.75 Å². The minimum atomic E-state index is -3.91. The van der Waals surface area contributed by atoms with Crippen molar-refractivity contribution in [1.29, 1.82) is 0 Å². The fraction of sp³-hybridized carbons (Fsp3) is 0.286. The number of amides is 1. The van der Waals surface area contributed by atoms with Gasteiger partial charge in [0.15, 0.2) is 10.7 Å². The molecule has 2 rings (SSSR count). The molecule has 9 heteroatoms. The Hall–Kier alpha value is -2.55. The number of nitrogens with zero attached hydrogens (tertiary/aromatic N) is 1. The number of rotatable bonds is 5. The summed E-state index contributed by atoms with van der Waals surface area (Å²) in [7, 11) is -2.49. The Labute approximate surface area is 133 Å². The van der Waals surface area contributed by atoms with Crippen LogP contribution in [0.3, 0.4) is 0 Å². The number of hydrogen-bond acceptors (Lipinski definition) is 6. The third kappa shape index (κ3) is 3.62. The number of hydrogen-bond donors (Lipinski definition) is 2. The quantitative estimate of drug-likeness (QED) is 0.862. The molecule has 0 aliphatic carbocycles. The molecule has 0 atom stereocenters. The molecule has 1 amide bonds. The predicted molar refractivity (Wildman–Crippen MR) is 84.1 cm³/mol. The van der Waals surface area contributed by atoms with Gasteiger partial charge in [-0.2, -0.15) is 0 Å². The van der Waals surface area contributed by atoms with Crippen LogP contribution >= 0.6 is 0 Å². The largest absolute Gasteiger partial charge is 0.495 e. The Morgan fingerprint density at radius 1 is 1.30 bits per heavy atom. The van der Waals surface area contributed by atoms with Gasteiger partial charge in [-0.25, -0.2) is 8.42 Å². The summed E-state index contributed by atoms with van der Waals surface area (Å²) in [5.41, 5.74) is 0.889. The van der Waals surface area contributed by atoms with Gasteiger partial charge in [0.2, 0.25) is 5.91 Å². The average Bonchev–Trinajstić information content (AvgIpc) is 2.78. The van der Waals surface area contributed by atoms with E-state index in [2.05, 4.69) is 15.2 Å². The Bertz CT molecular complexity index is 823. The van der Waals surface area contributed by atoms with Crippen LogP contribution in [-0.4, -0.2) is 26.6 Å². The predicted octanol–water partition coefficient (Wildman–Crippen LogP) is 2.06. The maximum atomic E-state index is 12.6. The summed E-state index contributed by atoms with van der Waals surface area (Å²) in [5, 5.41) is 6.22. The van der Waals surface area contributed by atoms with E-state index in [-0.39, 0.29) is 27.9 Å². The fourth-order valence-corrected chi connectivity index (χ4v) is 3.52. The lowest BCUT2D eigenvalue weighted by Crippen LogP contribution is -2.15. The Balaban J connectivity index is 2.43. The van der Waals surface area contributed by atoms with Crippen molar-refractivity contribution in [3.05, 3.63) is 29.7 Å². The zero-order valence-corrected chi connectivity index (χ0v) is 13.9. The first-order chi connectivity index (χ1) is 10.7. The van der Waals surface area contributed by atoms with Crippen LogP contribution in [0.25, 0.3) is 0 Å². The average molecular weight is 339 g/mol. The van der Waals surface area contributed by atoms with E-state index in [1.54, 1.807) is 12.1 Å². The maximum absolute atomic E-state index is 12.6. The monoisotopic (exact) mass is 339 g/mol. The summed E-state index contributed by atoms with van der Waals surface area (Å²) in [5.74, 6) is 0.233. The van der Waals surface area contributed by atoms with Crippen LogP contribution in [0.4, 0.5) is 11.4 Å². The number of aryl methyl sites for hydroxylation is 2. The molecular weight excluding hydrogens is 322 g/mol. The van der Waals surface area contributed by atoms with E-state index in [4.69, 9.17) is 9.26 Å². The Morgan fingerprint density at radius 3 is 2.52 bits per heavy atom. The van der Waals surface area contributed by atoms with Crippen LogP contribution in [0, 0.1) is 13.8 Å². The molecule has 0 aliphatic heterocycles. The molecule has 124 valence electrons. The van der Waals surface area contributed by atoms with Crippen molar-refractivity contribution < 1.29 is 22.5 Å². The summed E-state index contributed by atoms with van der Waals surface area (Å²) in [4.78, 5) is 11.1. The fourth-order valence-electron chi connectivity index (χ4n) is 2.12. The van der Waals surface area contributed by atoms with Crippen LogP contribution in [0.2, 0.25) is 0 Å². The van der Waals surface area contributed by atoms with Crippen molar-refractivity contribution in [2.24, 2.45) is 0 Å². The third-order valence-corrected chi connectivity index (χ3v) is 4.61. The molecule has 1 aromatic heterocycles. The molecule has 23 heavy (non-hydrogen) atoms. The summed E-state index contributed by atoms with van der Waals surface area (Å²) in [6.07, 6.45) is 0. The van der Waals surface area contributed by atoms with Gasteiger partial charge in [-0.1, -0.05) is 5.16 Å². The molecule has 2 aromatic rings. The number of benzene rings is 1. The molecule has 0 unspecified atom stereocenters. The summed E-state index contributed by atoms with van der Waals surface area (Å²) in [6, 6.07) is 4.63. The van der Waals surface area contributed by atoms with E-state index in [1.165, 1.54) is 33.9 Å². The van der Waals surface area contributed by atoms with E-state index in [1.807, 2.05) is 0 Å². The summed E-state index contributed by atoms with van der Waals surface area (Å²) < 4.78 is 37.6. The zero-order chi connectivity index (χ0) is 17.2. The number of nitrogens with one attached hydrogen (secondary N) is 2. The molecule has 0 radical (unpaired) electrons. The zero-order valence-electron chi connectivity index (χ0n) is 13.1. The molecule has 0 aliphatic rings. The van der Waals surface area contributed by atoms with Crippen molar-refractivity contribution in [1.82, 2.24) is 5.16 Å². The second kappa shape index (κ2) is 6.29. The van der Waals surface area contributed by atoms with Gasteiger partial charge in [0.05, 0.1) is 12.8 Å². The van der Waals surface area contributed by atoms with Gasteiger partial charge in [0.1, 0.15) is 11.4 Å². The number of carbonyl (C=O) groups is 1. The highest BCUT2D eigenvalue weighted by Gasteiger charge is 2.25. The molecule has 0 spiro atoms. The number of sulfonamides is 1. The van der Waals surface area contributed by atoms with Gasteiger partial charge in [-0.3, -0.25) is 9.52 Å². The number of ether oxygens (including phenoxy) is 1.